The fourth-order valence-corrected chi connectivity index (χ4v) is 7.63. The van der Waals surface area contributed by atoms with Crippen molar-refractivity contribution < 1.29 is 24.2 Å². The molecule has 0 atom stereocenters. The molecule has 3 heterocycles. The van der Waals surface area contributed by atoms with Crippen LogP contribution in [0.2, 0.25) is 0 Å². The fraction of sp³-hybridized carbons (Fsp3) is 0.568. The molecule has 10 heteroatoms. The molecule has 2 amide bonds. The largest absolute Gasteiger partial charge is 0.496 e. The predicted octanol–water partition coefficient (Wildman–Crippen LogP) is 6.28. The van der Waals surface area contributed by atoms with Gasteiger partial charge in [0.25, 0.3) is 0 Å². The van der Waals surface area contributed by atoms with Gasteiger partial charge in [0.1, 0.15) is 17.7 Å². The van der Waals surface area contributed by atoms with Crippen molar-refractivity contribution in [2.45, 2.75) is 95.3 Å². The number of pyridine rings is 1. The Balaban J connectivity index is 1.04. The zero-order valence-electron chi connectivity index (χ0n) is 27.6. The van der Waals surface area contributed by atoms with Crippen molar-refractivity contribution in [2.24, 2.45) is 11.8 Å². The lowest BCUT2D eigenvalue weighted by Gasteiger charge is -2.38. The smallest absolute Gasteiger partial charge is 0.410 e. The normalized spacial score (nSPS) is 24.8. The van der Waals surface area contributed by atoms with E-state index < -0.39 is 6.10 Å². The van der Waals surface area contributed by atoms with Gasteiger partial charge in [-0.15, -0.1) is 0 Å². The molecule has 0 bridgehead atoms. The number of aryl methyl sites for hydroxylation is 1. The Hall–Kier alpha value is -3.92. The van der Waals surface area contributed by atoms with Crippen molar-refractivity contribution >= 4 is 17.8 Å². The minimum atomic E-state index is -0.454. The number of hydrogen-bond donors (Lipinski definition) is 1. The van der Waals surface area contributed by atoms with E-state index in [0.717, 1.165) is 42.6 Å². The van der Waals surface area contributed by atoms with Crippen LogP contribution in [0.3, 0.4) is 0 Å². The maximum Gasteiger partial charge on any atom is 0.410 e. The van der Waals surface area contributed by atoms with Gasteiger partial charge in [0.05, 0.1) is 38.5 Å². The second kappa shape index (κ2) is 13.7. The average molecular weight is 642 g/mol. The van der Waals surface area contributed by atoms with Crippen LogP contribution in [0.1, 0.15) is 87.3 Å². The summed E-state index contributed by atoms with van der Waals surface area (Å²) in [6.07, 6.45) is 14.1. The summed E-state index contributed by atoms with van der Waals surface area (Å²) in [5, 5.41) is 14.1. The molecule has 250 valence electrons. The molecule has 0 radical (unpaired) electrons. The van der Waals surface area contributed by atoms with Crippen LogP contribution >= 0.6 is 0 Å². The number of β-amino-alcohol motifs (C(OH)–C–C–N with tert-alkyl or cyclic N) is 1. The third-order valence-electron chi connectivity index (χ3n) is 10.7. The first-order chi connectivity index (χ1) is 22.8. The third-order valence-corrected chi connectivity index (χ3v) is 10.7. The first kappa shape index (κ1) is 31.7. The summed E-state index contributed by atoms with van der Waals surface area (Å²) < 4.78 is 13.2. The minimum absolute atomic E-state index is 0.117. The van der Waals surface area contributed by atoms with E-state index in [9.17, 15) is 14.7 Å². The van der Waals surface area contributed by atoms with Gasteiger partial charge >= 0.3 is 6.09 Å². The summed E-state index contributed by atoms with van der Waals surface area (Å²) in [6, 6.07) is 11.1. The van der Waals surface area contributed by atoms with Gasteiger partial charge in [-0.2, -0.15) is 5.10 Å². The molecule has 7 rings (SSSR count). The lowest BCUT2D eigenvalue weighted by molar-refractivity contribution is -0.124. The number of aliphatic hydroxyl groups excluding tert-OH is 1. The van der Waals surface area contributed by atoms with Gasteiger partial charge in [-0.05, 0) is 118 Å². The van der Waals surface area contributed by atoms with Crippen molar-refractivity contribution in [3.8, 4) is 16.9 Å². The SMILES string of the molecule is COc1ccc([C@H]2CC[C@H](CN(c3cc(-c4cnn(C5CC5)c4)ccn3)C(=O)[C@H]3CC[C@H](OC(=O)N4CC(O)C4)CC3)CC2)cc1C. The molecule has 1 aromatic carbocycles. The summed E-state index contributed by atoms with van der Waals surface area (Å²) in [4.78, 5) is 35.0. The number of carbonyl (C=O) groups excluding carboxylic acids is 2. The van der Waals surface area contributed by atoms with Crippen molar-refractivity contribution in [1.82, 2.24) is 19.7 Å². The summed E-state index contributed by atoms with van der Waals surface area (Å²) >= 11 is 0. The molecule has 1 aliphatic heterocycles. The average Bonchev–Trinajstić information content (AvgIpc) is 3.81. The Labute approximate surface area is 277 Å². The monoisotopic (exact) mass is 641 g/mol. The van der Waals surface area contributed by atoms with E-state index >= 15 is 0 Å². The van der Waals surface area contributed by atoms with Crippen LogP contribution in [0.15, 0.2) is 48.9 Å². The van der Waals surface area contributed by atoms with Crippen LogP contribution in [-0.4, -0.2) is 75.7 Å². The maximum atomic E-state index is 14.3. The molecule has 3 aliphatic carbocycles. The van der Waals surface area contributed by atoms with Crippen molar-refractivity contribution in [3.05, 3.63) is 60.0 Å². The van der Waals surface area contributed by atoms with E-state index in [4.69, 9.17) is 14.5 Å². The zero-order chi connectivity index (χ0) is 32.5. The molecule has 3 aromatic rings. The van der Waals surface area contributed by atoms with Gasteiger partial charge in [0.15, 0.2) is 0 Å². The Morgan fingerprint density at radius 2 is 1.72 bits per heavy atom. The van der Waals surface area contributed by atoms with Crippen LogP contribution in [0.5, 0.6) is 5.75 Å². The van der Waals surface area contributed by atoms with Gasteiger partial charge in [-0.25, -0.2) is 9.78 Å². The highest BCUT2D eigenvalue weighted by molar-refractivity contribution is 5.94. The zero-order valence-corrected chi connectivity index (χ0v) is 27.6. The minimum Gasteiger partial charge on any atom is -0.496 e. The topological polar surface area (TPSA) is 110 Å². The van der Waals surface area contributed by atoms with E-state index in [1.54, 1.807) is 7.11 Å². The van der Waals surface area contributed by atoms with Crippen LogP contribution in [-0.2, 0) is 9.53 Å². The Morgan fingerprint density at radius 3 is 2.40 bits per heavy atom. The molecule has 4 fully saturated rings. The molecular weight excluding hydrogens is 594 g/mol. The van der Waals surface area contributed by atoms with Gasteiger partial charge < -0.3 is 19.5 Å². The summed E-state index contributed by atoms with van der Waals surface area (Å²) in [6.45, 7) is 3.41. The van der Waals surface area contributed by atoms with Crippen LogP contribution in [0.4, 0.5) is 10.6 Å². The van der Waals surface area contributed by atoms with Crippen molar-refractivity contribution in [2.75, 3.05) is 31.6 Å². The summed E-state index contributed by atoms with van der Waals surface area (Å²) in [5.74, 6) is 2.51. The number of rotatable bonds is 9. The van der Waals surface area contributed by atoms with E-state index in [1.807, 2.05) is 29.4 Å². The van der Waals surface area contributed by atoms with Gasteiger partial charge in [0.2, 0.25) is 5.91 Å². The molecule has 3 saturated carbocycles. The molecule has 2 aromatic heterocycles. The van der Waals surface area contributed by atoms with E-state index in [2.05, 4.69) is 41.1 Å². The molecule has 0 unspecified atom stereocenters. The number of aromatic nitrogens is 3. The van der Waals surface area contributed by atoms with Crippen molar-refractivity contribution in [3.63, 3.8) is 0 Å². The number of likely N-dealkylation sites (tertiary alicyclic amines) is 1. The second-order valence-electron chi connectivity index (χ2n) is 14.2. The number of anilines is 1. The number of ether oxygens (including phenoxy) is 2. The first-order valence-corrected chi connectivity index (χ1v) is 17.4. The summed E-state index contributed by atoms with van der Waals surface area (Å²) in [7, 11) is 1.72. The van der Waals surface area contributed by atoms with Gasteiger partial charge in [-0.1, -0.05) is 12.1 Å². The number of hydrogen-bond acceptors (Lipinski definition) is 7. The molecular formula is C37H47N5O5. The van der Waals surface area contributed by atoms with Crippen LogP contribution in [0, 0.1) is 18.8 Å². The highest BCUT2D eigenvalue weighted by atomic mass is 16.6. The van der Waals surface area contributed by atoms with Crippen LogP contribution in [0.25, 0.3) is 11.1 Å². The third kappa shape index (κ3) is 7.17. The second-order valence-corrected chi connectivity index (χ2v) is 14.2. The lowest BCUT2D eigenvalue weighted by atomic mass is 9.78. The number of aliphatic hydroxyl groups is 1. The standard InChI is InChI=1S/C37H47N5O5/c1-24-17-28(9-14-34(24)46-2)26-5-3-25(4-6-26)20-41(35-18-29(15-16-38-35)30-19-39-42(21-30)31-10-11-31)36(44)27-7-12-33(13-8-27)47-37(45)40-22-32(43)23-40/h9,14-19,21,25-27,31-33,43H,3-8,10-13,20,22-23H2,1-2H3/t25-,26-,27-,33-. The number of nitrogens with zero attached hydrogens (tertiary/aromatic N) is 5. The first-order valence-electron chi connectivity index (χ1n) is 17.4. The molecule has 1 N–H and O–H groups in total. The fourth-order valence-electron chi connectivity index (χ4n) is 7.63. The highest BCUT2D eigenvalue weighted by Crippen LogP contribution is 2.39. The van der Waals surface area contributed by atoms with Gasteiger partial charge in [-0.3, -0.25) is 14.4 Å². The Morgan fingerprint density at radius 1 is 0.957 bits per heavy atom. The number of amides is 2. The molecule has 47 heavy (non-hydrogen) atoms. The molecule has 4 aliphatic rings. The number of carbonyl (C=O) groups is 2. The molecule has 1 saturated heterocycles. The molecule has 0 spiro atoms. The summed E-state index contributed by atoms with van der Waals surface area (Å²) in [5.41, 5.74) is 4.60. The van der Waals surface area contributed by atoms with E-state index in [-0.39, 0.29) is 24.0 Å². The Bertz CT molecular complexity index is 1560. The van der Waals surface area contributed by atoms with Crippen LogP contribution < -0.4 is 9.64 Å². The number of methoxy groups -OCH3 is 1. The molecule has 10 nitrogen and oxygen atoms in total. The quantitative estimate of drug-likeness (QED) is 0.293. The Kier molecular flexibility index (Phi) is 9.21. The van der Waals surface area contributed by atoms with Crippen molar-refractivity contribution in [1.29, 1.82) is 0 Å². The van der Waals surface area contributed by atoms with E-state index in [1.165, 1.54) is 28.9 Å². The lowest BCUT2D eigenvalue weighted by Crippen LogP contribution is -2.54. The number of benzene rings is 1. The maximum absolute atomic E-state index is 14.3. The van der Waals surface area contributed by atoms with Gasteiger partial charge in [0, 0.05) is 30.4 Å². The van der Waals surface area contributed by atoms with E-state index in [0.29, 0.717) is 69.0 Å². The highest BCUT2D eigenvalue weighted by Gasteiger charge is 2.36. The predicted molar refractivity (Wildman–Crippen MR) is 178 cm³/mol.